The van der Waals surface area contributed by atoms with E-state index < -0.39 is 0 Å². The number of amides is 1. The van der Waals surface area contributed by atoms with Crippen molar-refractivity contribution in [2.45, 2.75) is 52.2 Å². The van der Waals surface area contributed by atoms with Crippen LogP contribution < -0.4 is 14.8 Å². The fourth-order valence-electron chi connectivity index (χ4n) is 4.42. The standard InChI is InChI=1S/C25H33FN2O3/c1-16(2)11-24(29)27-17(3)25-21-14-23(31-5)22(30-4)13-19(21)9-10-28(25)15-18-7-6-8-20(26)12-18/h6-8,12-14,16-17,25H,9-11,15H2,1-5H3,(H,27,29)/t17-,25+/m1/s1. The van der Waals surface area contributed by atoms with Crippen LogP contribution in [0.15, 0.2) is 36.4 Å². The third-order valence-electron chi connectivity index (χ3n) is 5.76. The van der Waals surface area contributed by atoms with E-state index in [-0.39, 0.29) is 23.8 Å². The van der Waals surface area contributed by atoms with Crippen LogP contribution in [0.4, 0.5) is 4.39 Å². The SMILES string of the molecule is COc1cc2c(cc1OC)[C@H]([C@@H](C)NC(=O)CC(C)C)N(Cc1cccc(F)c1)CC2. The summed E-state index contributed by atoms with van der Waals surface area (Å²) in [6.07, 6.45) is 1.33. The van der Waals surface area contributed by atoms with Crippen LogP contribution in [0.25, 0.3) is 0 Å². The summed E-state index contributed by atoms with van der Waals surface area (Å²) in [5.74, 6) is 1.46. The molecule has 0 aromatic heterocycles. The molecule has 1 aliphatic heterocycles. The Morgan fingerprint density at radius 1 is 1.16 bits per heavy atom. The highest BCUT2D eigenvalue weighted by atomic mass is 19.1. The molecule has 168 valence electrons. The molecule has 1 heterocycles. The first kappa shape index (κ1) is 23.1. The number of carbonyl (C=O) groups is 1. The Labute approximate surface area is 184 Å². The Morgan fingerprint density at radius 3 is 2.52 bits per heavy atom. The van der Waals surface area contributed by atoms with E-state index in [0.29, 0.717) is 30.4 Å². The molecule has 0 bridgehead atoms. The molecule has 0 aliphatic carbocycles. The van der Waals surface area contributed by atoms with Crippen LogP contribution in [0, 0.1) is 11.7 Å². The minimum atomic E-state index is -0.240. The Morgan fingerprint density at radius 2 is 1.87 bits per heavy atom. The highest BCUT2D eigenvalue weighted by Crippen LogP contribution is 2.40. The van der Waals surface area contributed by atoms with Crippen molar-refractivity contribution in [2.75, 3.05) is 20.8 Å². The van der Waals surface area contributed by atoms with Crippen LogP contribution in [-0.4, -0.2) is 37.6 Å². The predicted octanol–water partition coefficient (Wildman–Crippen LogP) is 4.49. The van der Waals surface area contributed by atoms with Gasteiger partial charge in [-0.1, -0.05) is 26.0 Å². The lowest BCUT2D eigenvalue weighted by molar-refractivity contribution is -0.122. The van der Waals surface area contributed by atoms with Gasteiger partial charge in [0.2, 0.25) is 5.91 Å². The van der Waals surface area contributed by atoms with Crippen molar-refractivity contribution in [3.05, 3.63) is 58.9 Å². The predicted molar refractivity (Wildman–Crippen MR) is 120 cm³/mol. The fourth-order valence-corrected chi connectivity index (χ4v) is 4.42. The van der Waals surface area contributed by atoms with Crippen LogP contribution in [-0.2, 0) is 17.8 Å². The second kappa shape index (κ2) is 10.1. The lowest BCUT2D eigenvalue weighted by atomic mass is 9.87. The minimum Gasteiger partial charge on any atom is -0.493 e. The van der Waals surface area contributed by atoms with Gasteiger partial charge in [0, 0.05) is 25.6 Å². The van der Waals surface area contributed by atoms with Gasteiger partial charge in [-0.2, -0.15) is 0 Å². The average Bonchev–Trinajstić information content (AvgIpc) is 2.71. The number of ether oxygens (including phenoxy) is 2. The van der Waals surface area contributed by atoms with Crippen molar-refractivity contribution in [2.24, 2.45) is 5.92 Å². The maximum Gasteiger partial charge on any atom is 0.220 e. The summed E-state index contributed by atoms with van der Waals surface area (Å²) >= 11 is 0. The van der Waals surface area contributed by atoms with Gasteiger partial charge in [0.1, 0.15) is 5.82 Å². The van der Waals surface area contributed by atoms with Crippen molar-refractivity contribution in [1.29, 1.82) is 0 Å². The molecule has 6 heteroatoms. The molecule has 0 unspecified atom stereocenters. The zero-order valence-electron chi connectivity index (χ0n) is 19.1. The number of rotatable bonds is 8. The van der Waals surface area contributed by atoms with Crippen molar-refractivity contribution in [1.82, 2.24) is 10.2 Å². The number of benzene rings is 2. The maximum absolute atomic E-state index is 13.8. The molecule has 2 aromatic rings. The third kappa shape index (κ3) is 5.56. The monoisotopic (exact) mass is 428 g/mol. The lowest BCUT2D eigenvalue weighted by Gasteiger charge is -2.41. The molecule has 0 radical (unpaired) electrons. The molecule has 1 aliphatic rings. The molecule has 2 atom stereocenters. The van der Waals surface area contributed by atoms with E-state index in [4.69, 9.17) is 9.47 Å². The summed E-state index contributed by atoms with van der Waals surface area (Å²) in [5.41, 5.74) is 3.20. The number of nitrogens with zero attached hydrogens (tertiary/aromatic N) is 1. The summed E-state index contributed by atoms with van der Waals surface area (Å²) in [4.78, 5) is 14.8. The topological polar surface area (TPSA) is 50.8 Å². The molecule has 31 heavy (non-hydrogen) atoms. The zero-order chi connectivity index (χ0) is 22.5. The van der Waals surface area contributed by atoms with E-state index in [2.05, 4.69) is 10.2 Å². The normalized spacial score (nSPS) is 17.2. The summed E-state index contributed by atoms with van der Waals surface area (Å²) in [6.45, 7) is 7.50. The second-order valence-corrected chi connectivity index (χ2v) is 8.66. The number of nitrogens with one attached hydrogen (secondary N) is 1. The first-order chi connectivity index (χ1) is 14.8. The largest absolute Gasteiger partial charge is 0.493 e. The van der Waals surface area contributed by atoms with Gasteiger partial charge < -0.3 is 14.8 Å². The van der Waals surface area contributed by atoms with E-state index >= 15 is 0 Å². The Balaban J connectivity index is 1.96. The van der Waals surface area contributed by atoms with Gasteiger partial charge in [-0.25, -0.2) is 4.39 Å². The summed E-state index contributed by atoms with van der Waals surface area (Å²) in [7, 11) is 3.26. The highest BCUT2D eigenvalue weighted by molar-refractivity contribution is 5.76. The molecule has 5 nitrogen and oxygen atoms in total. The van der Waals surface area contributed by atoms with Gasteiger partial charge in [-0.05, 0) is 60.2 Å². The number of methoxy groups -OCH3 is 2. The van der Waals surface area contributed by atoms with E-state index in [1.54, 1.807) is 26.4 Å². The van der Waals surface area contributed by atoms with Gasteiger partial charge in [-0.3, -0.25) is 9.69 Å². The van der Waals surface area contributed by atoms with Crippen LogP contribution in [0.2, 0.25) is 0 Å². The van der Waals surface area contributed by atoms with E-state index in [0.717, 1.165) is 24.1 Å². The summed E-state index contributed by atoms with van der Waals surface area (Å²) < 4.78 is 24.8. The molecule has 1 amide bonds. The zero-order valence-corrected chi connectivity index (χ0v) is 19.1. The van der Waals surface area contributed by atoms with E-state index in [1.165, 1.54) is 11.6 Å². The van der Waals surface area contributed by atoms with Gasteiger partial charge in [0.15, 0.2) is 11.5 Å². The number of hydrogen-bond donors (Lipinski definition) is 1. The Kier molecular flexibility index (Phi) is 7.55. The molecule has 0 fully saturated rings. The van der Waals surface area contributed by atoms with Gasteiger partial charge in [-0.15, -0.1) is 0 Å². The van der Waals surface area contributed by atoms with Crippen molar-refractivity contribution in [3.63, 3.8) is 0 Å². The summed E-state index contributed by atoms with van der Waals surface area (Å²) in [6, 6.07) is 10.6. The molecule has 0 saturated heterocycles. The molecule has 0 spiro atoms. The Bertz CT molecular complexity index is 916. The quantitative estimate of drug-likeness (QED) is 0.673. The first-order valence-corrected chi connectivity index (χ1v) is 10.8. The van der Waals surface area contributed by atoms with Crippen LogP contribution in [0.5, 0.6) is 11.5 Å². The Hall–Kier alpha value is -2.60. The molecule has 2 aromatic carbocycles. The smallest absolute Gasteiger partial charge is 0.220 e. The van der Waals surface area contributed by atoms with Crippen molar-refractivity contribution < 1.29 is 18.7 Å². The third-order valence-corrected chi connectivity index (χ3v) is 5.76. The van der Waals surface area contributed by atoms with E-state index in [1.807, 2.05) is 39.0 Å². The lowest BCUT2D eigenvalue weighted by Crippen LogP contribution is -2.47. The van der Waals surface area contributed by atoms with Crippen molar-refractivity contribution >= 4 is 5.91 Å². The average molecular weight is 429 g/mol. The first-order valence-electron chi connectivity index (χ1n) is 10.8. The maximum atomic E-state index is 13.8. The van der Waals surface area contributed by atoms with Crippen LogP contribution in [0.1, 0.15) is 49.9 Å². The van der Waals surface area contributed by atoms with E-state index in [9.17, 15) is 9.18 Å². The minimum absolute atomic E-state index is 0.0424. The molecule has 1 N–H and O–H groups in total. The highest BCUT2D eigenvalue weighted by Gasteiger charge is 2.33. The fraction of sp³-hybridized carbons (Fsp3) is 0.480. The molecule has 0 saturated carbocycles. The van der Waals surface area contributed by atoms with Gasteiger partial charge in [0.05, 0.1) is 20.3 Å². The molecular weight excluding hydrogens is 395 g/mol. The molecular formula is C25H33FN2O3. The van der Waals surface area contributed by atoms with Crippen LogP contribution >= 0.6 is 0 Å². The van der Waals surface area contributed by atoms with Gasteiger partial charge in [0.25, 0.3) is 0 Å². The number of halogens is 1. The van der Waals surface area contributed by atoms with Crippen LogP contribution in [0.3, 0.4) is 0 Å². The number of fused-ring (bicyclic) bond motifs is 1. The number of hydrogen-bond acceptors (Lipinski definition) is 4. The number of carbonyl (C=O) groups excluding carboxylic acids is 1. The molecule has 3 rings (SSSR count). The summed E-state index contributed by atoms with van der Waals surface area (Å²) in [5, 5.41) is 3.19. The van der Waals surface area contributed by atoms with Gasteiger partial charge >= 0.3 is 0 Å². The second-order valence-electron chi connectivity index (χ2n) is 8.66. The van der Waals surface area contributed by atoms with Crippen molar-refractivity contribution in [3.8, 4) is 11.5 Å².